The quantitative estimate of drug-likeness (QED) is 0.432. The highest BCUT2D eigenvalue weighted by atomic mass is 16.6. The molecule has 0 radical (unpaired) electrons. The second-order valence-corrected chi connectivity index (χ2v) is 5.44. The summed E-state index contributed by atoms with van der Waals surface area (Å²) in [5.41, 5.74) is -0.129. The van der Waals surface area contributed by atoms with E-state index < -0.39 is 29.9 Å². The first-order valence-electron chi connectivity index (χ1n) is 7.50. The minimum atomic E-state index is -0.850. The fourth-order valence-electron chi connectivity index (χ4n) is 1.70. The van der Waals surface area contributed by atoms with E-state index in [0.29, 0.717) is 17.2 Å². The van der Waals surface area contributed by atoms with Gasteiger partial charge >= 0.3 is 11.9 Å². The molecule has 0 amide bonds. The monoisotopic (exact) mass is 337 g/mol. The number of nitrogens with zero attached hydrogens (tertiary/aromatic N) is 1. The molecule has 0 aromatic heterocycles. The van der Waals surface area contributed by atoms with Crippen LogP contribution in [0.4, 0.5) is 5.69 Å². The van der Waals surface area contributed by atoms with E-state index in [-0.39, 0.29) is 0 Å². The van der Waals surface area contributed by atoms with Gasteiger partial charge < -0.3 is 18.9 Å². The molecule has 0 aliphatic rings. The minimum absolute atomic E-state index is 0.308. The fraction of sp³-hybridized carbons (Fsp3) is 0.471. The van der Waals surface area contributed by atoms with E-state index in [1.54, 1.807) is 45.9 Å². The predicted molar refractivity (Wildman–Crippen MR) is 89.1 cm³/mol. The minimum Gasteiger partial charge on any atom is -0.497 e. The van der Waals surface area contributed by atoms with Crippen molar-refractivity contribution in [3.8, 4) is 11.5 Å². The Hall–Kier alpha value is -2.57. The van der Waals surface area contributed by atoms with Crippen LogP contribution in [0.5, 0.6) is 11.5 Å². The molecule has 0 spiro atoms. The molecule has 0 heterocycles. The third kappa shape index (κ3) is 5.91. The fourth-order valence-corrected chi connectivity index (χ4v) is 1.70. The third-order valence-electron chi connectivity index (χ3n) is 2.65. The third-order valence-corrected chi connectivity index (χ3v) is 2.65. The van der Waals surface area contributed by atoms with E-state index in [9.17, 15) is 9.59 Å². The number of aliphatic imine (C=N–C) groups is 1. The van der Waals surface area contributed by atoms with Gasteiger partial charge in [0, 0.05) is 18.2 Å². The SMILES string of the molecule is COc1cc(N=C(C(=O)OC(C)C)C(=O)OC(C)C)cc(OC)c1. The number of hydrogen-bond acceptors (Lipinski definition) is 7. The molecule has 1 rings (SSSR count). The Morgan fingerprint density at radius 2 is 1.25 bits per heavy atom. The molecule has 1 aromatic carbocycles. The average molecular weight is 337 g/mol. The maximum atomic E-state index is 12.2. The lowest BCUT2D eigenvalue weighted by atomic mass is 10.2. The summed E-state index contributed by atoms with van der Waals surface area (Å²) in [6, 6.07) is 4.78. The van der Waals surface area contributed by atoms with Gasteiger partial charge in [-0.3, -0.25) is 0 Å². The van der Waals surface area contributed by atoms with Crippen LogP contribution in [-0.2, 0) is 19.1 Å². The topological polar surface area (TPSA) is 83.4 Å². The molecule has 24 heavy (non-hydrogen) atoms. The highest BCUT2D eigenvalue weighted by Crippen LogP contribution is 2.28. The van der Waals surface area contributed by atoms with Gasteiger partial charge in [0.15, 0.2) is 0 Å². The largest absolute Gasteiger partial charge is 0.497 e. The van der Waals surface area contributed by atoms with Crippen molar-refractivity contribution >= 4 is 23.3 Å². The second-order valence-electron chi connectivity index (χ2n) is 5.44. The average Bonchev–Trinajstić information content (AvgIpc) is 2.50. The second kappa shape index (κ2) is 8.90. The van der Waals surface area contributed by atoms with Crippen molar-refractivity contribution in [1.82, 2.24) is 0 Å². The van der Waals surface area contributed by atoms with Crippen LogP contribution in [0.1, 0.15) is 27.7 Å². The van der Waals surface area contributed by atoms with Gasteiger partial charge in [0.25, 0.3) is 0 Å². The number of carbonyl (C=O) groups is 2. The van der Waals surface area contributed by atoms with Crippen LogP contribution in [0, 0.1) is 0 Å². The molecular formula is C17H23NO6. The Balaban J connectivity index is 3.29. The molecule has 132 valence electrons. The van der Waals surface area contributed by atoms with E-state index in [4.69, 9.17) is 18.9 Å². The van der Waals surface area contributed by atoms with Gasteiger partial charge in [-0.15, -0.1) is 0 Å². The van der Waals surface area contributed by atoms with Crippen LogP contribution < -0.4 is 9.47 Å². The summed E-state index contributed by atoms with van der Waals surface area (Å²) >= 11 is 0. The summed E-state index contributed by atoms with van der Waals surface area (Å²) in [5, 5.41) is 0. The van der Waals surface area contributed by atoms with E-state index in [1.807, 2.05) is 0 Å². The van der Waals surface area contributed by atoms with Gasteiger partial charge in [0.1, 0.15) is 11.5 Å². The van der Waals surface area contributed by atoms with Crippen LogP contribution in [0.15, 0.2) is 23.2 Å². The first-order valence-corrected chi connectivity index (χ1v) is 7.50. The van der Waals surface area contributed by atoms with Crippen molar-refractivity contribution in [3.63, 3.8) is 0 Å². The number of methoxy groups -OCH3 is 2. The van der Waals surface area contributed by atoms with E-state index >= 15 is 0 Å². The lowest BCUT2D eigenvalue weighted by molar-refractivity contribution is -0.144. The van der Waals surface area contributed by atoms with Crippen molar-refractivity contribution in [3.05, 3.63) is 18.2 Å². The van der Waals surface area contributed by atoms with Gasteiger partial charge in [-0.05, 0) is 27.7 Å². The molecule has 0 bridgehead atoms. The molecule has 7 nitrogen and oxygen atoms in total. The van der Waals surface area contributed by atoms with Gasteiger partial charge in [0.2, 0.25) is 5.71 Å². The summed E-state index contributed by atoms with van der Waals surface area (Å²) in [7, 11) is 2.98. The van der Waals surface area contributed by atoms with Gasteiger partial charge in [0.05, 0.1) is 32.1 Å². The molecule has 7 heteroatoms. The van der Waals surface area contributed by atoms with Gasteiger partial charge in [-0.25, -0.2) is 14.6 Å². The summed E-state index contributed by atoms with van der Waals surface area (Å²) in [5.74, 6) is -0.751. The van der Waals surface area contributed by atoms with Gasteiger partial charge in [-0.2, -0.15) is 0 Å². The molecule has 0 N–H and O–H groups in total. The predicted octanol–water partition coefficient (Wildman–Crippen LogP) is 2.68. The first-order chi connectivity index (χ1) is 11.3. The Labute approximate surface area is 141 Å². The molecule has 0 saturated heterocycles. The van der Waals surface area contributed by atoms with Crippen LogP contribution >= 0.6 is 0 Å². The molecule has 1 aromatic rings. The highest BCUT2D eigenvalue weighted by molar-refractivity contribution is 6.63. The number of carbonyl (C=O) groups excluding carboxylic acids is 2. The van der Waals surface area contributed by atoms with Crippen LogP contribution in [0.3, 0.4) is 0 Å². The Morgan fingerprint density at radius 1 is 0.833 bits per heavy atom. The van der Waals surface area contributed by atoms with E-state index in [2.05, 4.69) is 4.99 Å². The lowest BCUT2D eigenvalue weighted by Crippen LogP contribution is -2.31. The van der Waals surface area contributed by atoms with Crippen molar-refractivity contribution < 1.29 is 28.5 Å². The number of esters is 2. The van der Waals surface area contributed by atoms with Gasteiger partial charge in [-0.1, -0.05) is 0 Å². The Kier molecular flexibility index (Phi) is 7.23. The number of ether oxygens (including phenoxy) is 4. The molecule has 0 aliphatic heterocycles. The standard InChI is InChI=1S/C17H23NO6/c1-10(2)23-16(19)15(17(20)24-11(3)4)18-12-7-13(21-5)9-14(8-12)22-6/h7-11H,1-6H3. The Bertz CT molecular complexity index is 575. The maximum Gasteiger partial charge on any atom is 0.364 e. The molecular weight excluding hydrogens is 314 g/mol. The zero-order valence-electron chi connectivity index (χ0n) is 14.8. The lowest BCUT2D eigenvalue weighted by Gasteiger charge is -2.12. The molecule has 0 aliphatic carbocycles. The Morgan fingerprint density at radius 3 is 1.58 bits per heavy atom. The van der Waals surface area contributed by atoms with Crippen molar-refractivity contribution in [1.29, 1.82) is 0 Å². The van der Waals surface area contributed by atoms with E-state index in [0.717, 1.165) is 0 Å². The summed E-state index contributed by atoms with van der Waals surface area (Å²) in [4.78, 5) is 28.4. The maximum absolute atomic E-state index is 12.2. The van der Waals surface area contributed by atoms with E-state index in [1.165, 1.54) is 14.2 Å². The summed E-state index contributed by atoms with van der Waals surface area (Å²) < 4.78 is 20.4. The van der Waals surface area contributed by atoms with Crippen LogP contribution in [0.25, 0.3) is 0 Å². The highest BCUT2D eigenvalue weighted by Gasteiger charge is 2.26. The summed E-state index contributed by atoms with van der Waals surface area (Å²) in [6.45, 7) is 6.71. The number of benzene rings is 1. The molecule has 0 fully saturated rings. The number of rotatable bonds is 7. The number of hydrogen-bond donors (Lipinski definition) is 0. The van der Waals surface area contributed by atoms with Crippen molar-refractivity contribution in [2.45, 2.75) is 39.9 Å². The van der Waals surface area contributed by atoms with Crippen LogP contribution in [-0.4, -0.2) is 44.1 Å². The van der Waals surface area contributed by atoms with Crippen LogP contribution in [0.2, 0.25) is 0 Å². The molecule has 0 unspecified atom stereocenters. The normalized spacial score (nSPS) is 10.3. The zero-order chi connectivity index (χ0) is 18.3. The first kappa shape index (κ1) is 19.5. The molecule has 0 atom stereocenters. The van der Waals surface area contributed by atoms with Crippen molar-refractivity contribution in [2.75, 3.05) is 14.2 Å². The van der Waals surface area contributed by atoms with Crippen molar-refractivity contribution in [2.24, 2.45) is 4.99 Å². The zero-order valence-corrected chi connectivity index (χ0v) is 14.8. The smallest absolute Gasteiger partial charge is 0.364 e. The molecule has 0 saturated carbocycles. The summed E-state index contributed by atoms with van der Waals surface area (Å²) in [6.07, 6.45) is -0.788.